The quantitative estimate of drug-likeness (QED) is 0.899. The zero-order chi connectivity index (χ0) is 18.6. The third-order valence-electron chi connectivity index (χ3n) is 5.36. The monoisotopic (exact) mass is 367 g/mol. The molecule has 1 N–H and O–H groups in total. The lowest BCUT2D eigenvalue weighted by Gasteiger charge is -2.34. The van der Waals surface area contributed by atoms with Crippen molar-refractivity contribution in [3.8, 4) is 11.5 Å². The van der Waals surface area contributed by atoms with Crippen molar-refractivity contribution >= 4 is 11.7 Å². The van der Waals surface area contributed by atoms with Crippen LogP contribution in [0.4, 0.5) is 5.82 Å². The van der Waals surface area contributed by atoms with Gasteiger partial charge in [-0.2, -0.15) is 0 Å². The van der Waals surface area contributed by atoms with E-state index in [4.69, 9.17) is 9.47 Å². The number of carbonyl (C=O) groups is 1. The van der Waals surface area contributed by atoms with Crippen molar-refractivity contribution in [2.45, 2.75) is 25.3 Å². The Balaban J connectivity index is 1.31. The predicted octanol–water partition coefficient (Wildman–Crippen LogP) is 2.43. The van der Waals surface area contributed by atoms with Crippen molar-refractivity contribution in [3.05, 3.63) is 48.2 Å². The average molecular weight is 367 g/mol. The topological polar surface area (TPSA) is 63.7 Å². The number of benzene rings is 1. The molecule has 6 nitrogen and oxygen atoms in total. The molecule has 1 unspecified atom stereocenters. The van der Waals surface area contributed by atoms with Gasteiger partial charge < -0.3 is 19.7 Å². The lowest BCUT2D eigenvalue weighted by Crippen LogP contribution is -2.48. The van der Waals surface area contributed by atoms with Crippen molar-refractivity contribution < 1.29 is 14.3 Å². The molecule has 2 aromatic rings. The van der Waals surface area contributed by atoms with E-state index in [1.54, 1.807) is 7.11 Å². The Morgan fingerprint density at radius 2 is 2.11 bits per heavy atom. The van der Waals surface area contributed by atoms with Crippen molar-refractivity contribution in [1.29, 1.82) is 0 Å². The minimum Gasteiger partial charge on any atom is -0.497 e. The molecular formula is C21H25N3O3. The molecule has 2 aliphatic heterocycles. The van der Waals surface area contributed by atoms with Gasteiger partial charge in [0.25, 0.3) is 0 Å². The number of ether oxygens (including phenoxy) is 2. The Labute approximate surface area is 159 Å². The molecule has 1 fully saturated rings. The summed E-state index contributed by atoms with van der Waals surface area (Å²) < 4.78 is 11.1. The van der Waals surface area contributed by atoms with Crippen LogP contribution in [0.2, 0.25) is 0 Å². The van der Waals surface area contributed by atoms with Gasteiger partial charge in [-0.05, 0) is 55.2 Å². The summed E-state index contributed by atoms with van der Waals surface area (Å²) in [7, 11) is 1.65. The number of anilines is 1. The SMILES string of the molecule is COc1ccc2c(c1)CC(C(=O)NC1CCN(c3ccccn3)CC1)CO2. The van der Waals surface area contributed by atoms with Gasteiger partial charge in [0.2, 0.25) is 5.91 Å². The molecule has 27 heavy (non-hydrogen) atoms. The first-order chi connectivity index (χ1) is 13.2. The number of piperidine rings is 1. The molecular weight excluding hydrogens is 342 g/mol. The maximum atomic E-state index is 12.7. The number of nitrogens with one attached hydrogen (secondary N) is 1. The van der Waals surface area contributed by atoms with E-state index < -0.39 is 0 Å². The molecule has 2 aliphatic rings. The molecule has 0 bridgehead atoms. The van der Waals surface area contributed by atoms with Gasteiger partial charge in [-0.3, -0.25) is 4.79 Å². The zero-order valence-electron chi connectivity index (χ0n) is 15.6. The molecule has 4 rings (SSSR count). The maximum absolute atomic E-state index is 12.7. The van der Waals surface area contributed by atoms with Crippen LogP contribution in [0.25, 0.3) is 0 Å². The number of amides is 1. The van der Waals surface area contributed by atoms with Gasteiger partial charge in [0.05, 0.1) is 13.0 Å². The van der Waals surface area contributed by atoms with Gasteiger partial charge in [-0.25, -0.2) is 4.98 Å². The van der Waals surface area contributed by atoms with Crippen LogP contribution in [-0.2, 0) is 11.2 Å². The molecule has 6 heteroatoms. The summed E-state index contributed by atoms with van der Waals surface area (Å²) in [5.41, 5.74) is 1.03. The van der Waals surface area contributed by atoms with Gasteiger partial charge in [-0.15, -0.1) is 0 Å². The van der Waals surface area contributed by atoms with Crippen molar-refractivity contribution in [3.63, 3.8) is 0 Å². The van der Waals surface area contributed by atoms with Gasteiger partial charge in [0.1, 0.15) is 23.9 Å². The van der Waals surface area contributed by atoms with Crippen molar-refractivity contribution in [1.82, 2.24) is 10.3 Å². The van der Waals surface area contributed by atoms with Crippen LogP contribution in [0, 0.1) is 5.92 Å². The largest absolute Gasteiger partial charge is 0.497 e. The fourth-order valence-electron chi connectivity index (χ4n) is 3.78. The molecule has 0 spiro atoms. The van der Waals surface area contributed by atoms with E-state index in [2.05, 4.69) is 15.2 Å². The van der Waals surface area contributed by atoms with E-state index in [1.807, 2.05) is 42.6 Å². The van der Waals surface area contributed by atoms with Gasteiger partial charge in [0, 0.05) is 25.3 Å². The number of methoxy groups -OCH3 is 1. The highest BCUT2D eigenvalue weighted by Crippen LogP contribution is 2.31. The summed E-state index contributed by atoms with van der Waals surface area (Å²) in [6.07, 6.45) is 4.37. The van der Waals surface area contributed by atoms with Crippen LogP contribution < -0.4 is 19.7 Å². The molecule has 1 saturated heterocycles. The minimum atomic E-state index is -0.154. The highest BCUT2D eigenvalue weighted by atomic mass is 16.5. The van der Waals surface area contributed by atoms with Gasteiger partial charge >= 0.3 is 0 Å². The Hall–Kier alpha value is -2.76. The van der Waals surface area contributed by atoms with E-state index in [-0.39, 0.29) is 17.9 Å². The normalized spacial score (nSPS) is 19.7. The number of hydrogen-bond donors (Lipinski definition) is 1. The fourth-order valence-corrected chi connectivity index (χ4v) is 3.78. The second-order valence-corrected chi connectivity index (χ2v) is 7.14. The number of hydrogen-bond acceptors (Lipinski definition) is 5. The molecule has 0 radical (unpaired) electrons. The Morgan fingerprint density at radius 1 is 1.26 bits per heavy atom. The number of carbonyl (C=O) groups excluding carboxylic acids is 1. The summed E-state index contributed by atoms with van der Waals surface area (Å²) in [6, 6.07) is 11.9. The first-order valence-electron chi connectivity index (χ1n) is 9.49. The third kappa shape index (κ3) is 3.99. The summed E-state index contributed by atoms with van der Waals surface area (Å²) in [6.45, 7) is 2.24. The fraction of sp³-hybridized carbons (Fsp3) is 0.429. The van der Waals surface area contributed by atoms with Crippen LogP contribution in [0.3, 0.4) is 0 Å². The third-order valence-corrected chi connectivity index (χ3v) is 5.36. The van der Waals surface area contributed by atoms with Crippen LogP contribution >= 0.6 is 0 Å². The number of rotatable bonds is 4. The number of nitrogens with zero attached hydrogens (tertiary/aromatic N) is 2. The first-order valence-corrected chi connectivity index (χ1v) is 9.49. The Kier molecular flexibility index (Phi) is 5.14. The number of pyridine rings is 1. The summed E-state index contributed by atoms with van der Waals surface area (Å²) in [4.78, 5) is 19.4. The Morgan fingerprint density at radius 3 is 2.85 bits per heavy atom. The van der Waals surface area contributed by atoms with Crippen LogP contribution in [0.15, 0.2) is 42.6 Å². The van der Waals surface area contributed by atoms with Crippen LogP contribution in [0.1, 0.15) is 18.4 Å². The average Bonchev–Trinajstić information content (AvgIpc) is 2.74. The van der Waals surface area contributed by atoms with Gasteiger partial charge in [-0.1, -0.05) is 6.07 Å². The molecule has 0 aliphatic carbocycles. The van der Waals surface area contributed by atoms with E-state index in [1.165, 1.54) is 0 Å². The minimum absolute atomic E-state index is 0.0831. The molecule has 3 heterocycles. The second kappa shape index (κ2) is 7.86. The van der Waals surface area contributed by atoms with E-state index in [0.717, 1.165) is 48.8 Å². The summed E-state index contributed by atoms with van der Waals surface area (Å²) >= 11 is 0. The second-order valence-electron chi connectivity index (χ2n) is 7.14. The summed E-state index contributed by atoms with van der Waals surface area (Å²) in [5, 5.41) is 3.22. The van der Waals surface area contributed by atoms with Crippen LogP contribution in [0.5, 0.6) is 11.5 Å². The molecule has 0 saturated carbocycles. The molecule has 1 aromatic carbocycles. The first kappa shape index (κ1) is 17.6. The lowest BCUT2D eigenvalue weighted by molar-refractivity contribution is -0.127. The molecule has 1 amide bonds. The molecule has 1 aromatic heterocycles. The highest BCUT2D eigenvalue weighted by molar-refractivity contribution is 5.80. The van der Waals surface area contributed by atoms with Crippen LogP contribution in [-0.4, -0.2) is 43.7 Å². The summed E-state index contributed by atoms with van der Waals surface area (Å²) in [5.74, 6) is 2.58. The molecule has 1 atom stereocenters. The smallest absolute Gasteiger partial charge is 0.227 e. The van der Waals surface area contributed by atoms with E-state index in [9.17, 15) is 4.79 Å². The highest BCUT2D eigenvalue weighted by Gasteiger charge is 2.29. The predicted molar refractivity (Wildman–Crippen MR) is 103 cm³/mol. The van der Waals surface area contributed by atoms with E-state index >= 15 is 0 Å². The molecule has 142 valence electrons. The lowest BCUT2D eigenvalue weighted by atomic mass is 9.94. The zero-order valence-corrected chi connectivity index (χ0v) is 15.6. The maximum Gasteiger partial charge on any atom is 0.227 e. The van der Waals surface area contributed by atoms with Crippen molar-refractivity contribution in [2.24, 2.45) is 5.92 Å². The van der Waals surface area contributed by atoms with Gasteiger partial charge in [0.15, 0.2) is 0 Å². The Bertz CT molecular complexity index is 789. The number of aromatic nitrogens is 1. The van der Waals surface area contributed by atoms with Crippen molar-refractivity contribution in [2.75, 3.05) is 31.7 Å². The van der Waals surface area contributed by atoms with E-state index in [0.29, 0.717) is 13.0 Å². The standard InChI is InChI=1S/C21H25N3O3/c1-26-18-5-6-19-15(13-18)12-16(14-27-19)21(25)23-17-7-10-24(11-8-17)20-4-2-3-9-22-20/h2-6,9,13,16-17H,7-8,10-12,14H2,1H3,(H,23,25). The number of fused-ring (bicyclic) bond motifs is 1.